The summed E-state index contributed by atoms with van der Waals surface area (Å²) < 4.78 is 5.34. The molecule has 0 saturated carbocycles. The lowest BCUT2D eigenvalue weighted by molar-refractivity contribution is -0.158. The number of hydrogen-bond donors (Lipinski definition) is 1. The Morgan fingerprint density at radius 1 is 1.03 bits per heavy atom. The Kier molecular flexibility index (Phi) is 5.83. The Morgan fingerprint density at radius 3 is 2.58 bits per heavy atom. The summed E-state index contributed by atoms with van der Waals surface area (Å²) in [6, 6.07) is 15.2. The molecule has 0 bridgehead atoms. The lowest BCUT2D eigenvalue weighted by Gasteiger charge is -2.47. The molecule has 3 heterocycles. The largest absolute Gasteiger partial charge is 0.497 e. The topological polar surface area (TPSA) is 65.6 Å². The Morgan fingerprint density at radius 2 is 1.82 bits per heavy atom. The standard InChI is InChI=1S/C27H31N3O3/c1-3-4-5-8-15-29-17-24(31)30-23(27(29)32)16-21-20-9-6-7-10-22(20)28-25(21)26(30)18-11-13-19(33-2)14-12-18/h6-7,9-14,23,26,28H,3-5,8,15-17H2,1-2H3. The number of benzene rings is 2. The molecule has 2 amide bonds. The van der Waals surface area contributed by atoms with Gasteiger partial charge in [-0.05, 0) is 35.7 Å². The normalized spacial score (nSPS) is 20.2. The van der Waals surface area contributed by atoms with Crippen molar-refractivity contribution in [3.05, 3.63) is 65.4 Å². The quantitative estimate of drug-likeness (QED) is 0.547. The molecule has 0 spiro atoms. The van der Waals surface area contributed by atoms with E-state index in [-0.39, 0.29) is 24.4 Å². The number of rotatable bonds is 7. The van der Waals surface area contributed by atoms with Crippen molar-refractivity contribution in [1.29, 1.82) is 0 Å². The number of fused-ring (bicyclic) bond motifs is 4. The molecular formula is C27H31N3O3. The molecule has 2 aromatic carbocycles. The summed E-state index contributed by atoms with van der Waals surface area (Å²) in [6.07, 6.45) is 4.88. The van der Waals surface area contributed by atoms with E-state index in [0.717, 1.165) is 59.2 Å². The maximum atomic E-state index is 13.6. The molecule has 2 aliphatic heterocycles. The van der Waals surface area contributed by atoms with E-state index in [4.69, 9.17) is 4.74 Å². The van der Waals surface area contributed by atoms with Gasteiger partial charge in [-0.25, -0.2) is 0 Å². The first-order valence-electron chi connectivity index (χ1n) is 12.0. The van der Waals surface area contributed by atoms with Crippen LogP contribution in [0.5, 0.6) is 5.75 Å². The zero-order valence-electron chi connectivity index (χ0n) is 19.3. The summed E-state index contributed by atoms with van der Waals surface area (Å²) in [7, 11) is 1.64. The Hall–Kier alpha value is -3.28. The van der Waals surface area contributed by atoms with Crippen molar-refractivity contribution >= 4 is 22.7 Å². The average Bonchev–Trinajstić information content (AvgIpc) is 3.22. The van der Waals surface area contributed by atoms with Crippen LogP contribution in [-0.2, 0) is 16.0 Å². The predicted molar refractivity (Wildman–Crippen MR) is 128 cm³/mol. The second kappa shape index (κ2) is 8.93. The van der Waals surface area contributed by atoms with Crippen LogP contribution >= 0.6 is 0 Å². The maximum absolute atomic E-state index is 13.6. The van der Waals surface area contributed by atoms with E-state index in [1.54, 1.807) is 12.0 Å². The highest BCUT2D eigenvalue weighted by molar-refractivity contribution is 5.97. The highest BCUT2D eigenvalue weighted by atomic mass is 16.5. The third-order valence-electron chi connectivity index (χ3n) is 7.06. The first kappa shape index (κ1) is 21.6. The molecule has 6 nitrogen and oxygen atoms in total. The van der Waals surface area contributed by atoms with Crippen molar-refractivity contribution in [2.45, 2.75) is 51.1 Å². The molecule has 1 N–H and O–H groups in total. The molecule has 3 aromatic rings. The predicted octanol–water partition coefficient (Wildman–Crippen LogP) is 4.44. The van der Waals surface area contributed by atoms with Crippen molar-refractivity contribution in [1.82, 2.24) is 14.8 Å². The number of amides is 2. The number of carbonyl (C=O) groups excluding carboxylic acids is 2. The van der Waals surface area contributed by atoms with Gasteiger partial charge in [0, 0.05) is 29.6 Å². The number of piperazine rings is 1. The van der Waals surface area contributed by atoms with Crippen LogP contribution < -0.4 is 4.74 Å². The number of hydrogen-bond acceptors (Lipinski definition) is 3. The number of H-pyrrole nitrogens is 1. The summed E-state index contributed by atoms with van der Waals surface area (Å²) in [6.45, 7) is 2.99. The molecule has 5 rings (SSSR count). The highest BCUT2D eigenvalue weighted by Crippen LogP contribution is 2.42. The van der Waals surface area contributed by atoms with Crippen LogP contribution in [0.2, 0.25) is 0 Å². The number of methoxy groups -OCH3 is 1. The SMILES string of the molecule is CCCCCCN1CC(=O)N2C(Cc3c([nH]c4ccccc34)C2c2ccc(OC)cc2)C1=O. The minimum Gasteiger partial charge on any atom is -0.497 e. The first-order chi connectivity index (χ1) is 16.1. The van der Waals surface area contributed by atoms with Crippen molar-refractivity contribution < 1.29 is 14.3 Å². The molecule has 6 heteroatoms. The third-order valence-corrected chi connectivity index (χ3v) is 7.06. The molecule has 172 valence electrons. The molecule has 0 radical (unpaired) electrons. The fourth-order valence-corrected chi connectivity index (χ4v) is 5.37. The zero-order valence-corrected chi connectivity index (χ0v) is 19.3. The van der Waals surface area contributed by atoms with E-state index >= 15 is 0 Å². The first-order valence-corrected chi connectivity index (χ1v) is 12.0. The average molecular weight is 446 g/mol. The van der Waals surface area contributed by atoms with Crippen molar-refractivity contribution in [3.8, 4) is 5.75 Å². The Labute approximate surface area is 194 Å². The summed E-state index contributed by atoms with van der Waals surface area (Å²) >= 11 is 0. The molecule has 1 aromatic heterocycles. The van der Waals surface area contributed by atoms with Crippen molar-refractivity contribution in [3.63, 3.8) is 0 Å². The van der Waals surface area contributed by atoms with Crippen molar-refractivity contribution in [2.24, 2.45) is 0 Å². The van der Waals surface area contributed by atoms with Crippen LogP contribution in [0.25, 0.3) is 10.9 Å². The summed E-state index contributed by atoms with van der Waals surface area (Å²) in [5, 5.41) is 1.13. The van der Waals surface area contributed by atoms with Crippen LogP contribution in [0.1, 0.15) is 55.5 Å². The number of aromatic nitrogens is 1. The van der Waals surface area contributed by atoms with Gasteiger partial charge in [0.05, 0.1) is 19.7 Å². The van der Waals surface area contributed by atoms with Gasteiger partial charge in [0.25, 0.3) is 0 Å². The van der Waals surface area contributed by atoms with Crippen LogP contribution in [-0.4, -0.2) is 52.8 Å². The third kappa shape index (κ3) is 3.77. The number of ether oxygens (including phenoxy) is 1. The molecule has 1 saturated heterocycles. The fraction of sp³-hybridized carbons (Fsp3) is 0.407. The van der Waals surface area contributed by atoms with Crippen LogP contribution in [0.3, 0.4) is 0 Å². The van der Waals surface area contributed by atoms with E-state index in [1.807, 2.05) is 41.3 Å². The highest BCUT2D eigenvalue weighted by Gasteiger charge is 2.48. The van der Waals surface area contributed by atoms with E-state index < -0.39 is 6.04 Å². The number of nitrogens with one attached hydrogen (secondary N) is 1. The molecule has 0 aliphatic carbocycles. The molecule has 2 unspecified atom stereocenters. The summed E-state index contributed by atoms with van der Waals surface area (Å²) in [5.41, 5.74) is 4.17. The van der Waals surface area contributed by atoms with Crippen LogP contribution in [0.15, 0.2) is 48.5 Å². The van der Waals surface area contributed by atoms with E-state index in [9.17, 15) is 9.59 Å². The van der Waals surface area contributed by atoms with Gasteiger partial charge in [-0.15, -0.1) is 0 Å². The minimum atomic E-state index is -0.476. The van der Waals surface area contributed by atoms with Gasteiger partial charge in [0.15, 0.2) is 0 Å². The summed E-state index contributed by atoms with van der Waals surface area (Å²) in [4.78, 5) is 34.3. The number of para-hydroxylation sites is 1. The molecule has 2 aliphatic rings. The number of aromatic amines is 1. The molecule has 33 heavy (non-hydrogen) atoms. The van der Waals surface area contributed by atoms with Gasteiger partial charge in [0.1, 0.15) is 11.8 Å². The lowest BCUT2D eigenvalue weighted by atomic mass is 9.86. The number of unbranched alkanes of at least 4 members (excludes halogenated alkanes) is 3. The number of carbonyl (C=O) groups is 2. The van der Waals surface area contributed by atoms with Gasteiger partial charge in [-0.1, -0.05) is 56.5 Å². The second-order valence-electron chi connectivity index (χ2n) is 9.08. The fourth-order valence-electron chi connectivity index (χ4n) is 5.37. The minimum absolute atomic E-state index is 0.0141. The summed E-state index contributed by atoms with van der Waals surface area (Å²) in [5.74, 6) is 0.850. The van der Waals surface area contributed by atoms with E-state index in [0.29, 0.717) is 13.0 Å². The van der Waals surface area contributed by atoms with Gasteiger partial charge >= 0.3 is 0 Å². The van der Waals surface area contributed by atoms with Crippen LogP contribution in [0, 0.1) is 0 Å². The number of nitrogens with zero attached hydrogens (tertiary/aromatic N) is 2. The second-order valence-corrected chi connectivity index (χ2v) is 9.08. The van der Waals surface area contributed by atoms with Crippen LogP contribution in [0.4, 0.5) is 0 Å². The zero-order chi connectivity index (χ0) is 22.9. The van der Waals surface area contributed by atoms with E-state index in [1.165, 1.54) is 0 Å². The monoisotopic (exact) mass is 445 g/mol. The molecule has 1 fully saturated rings. The molecule has 2 atom stereocenters. The van der Waals surface area contributed by atoms with Gasteiger partial charge in [0.2, 0.25) is 11.8 Å². The Balaban J connectivity index is 1.56. The van der Waals surface area contributed by atoms with Crippen molar-refractivity contribution in [2.75, 3.05) is 20.2 Å². The molecular weight excluding hydrogens is 414 g/mol. The van der Waals surface area contributed by atoms with Gasteiger partial charge in [-0.2, -0.15) is 0 Å². The van der Waals surface area contributed by atoms with Gasteiger partial charge in [-0.3, -0.25) is 9.59 Å². The Bertz CT molecular complexity index is 1170. The van der Waals surface area contributed by atoms with E-state index in [2.05, 4.69) is 24.0 Å². The lowest BCUT2D eigenvalue weighted by Crippen LogP contribution is -2.63. The smallest absolute Gasteiger partial charge is 0.246 e. The maximum Gasteiger partial charge on any atom is 0.246 e. The van der Waals surface area contributed by atoms with Gasteiger partial charge < -0.3 is 19.5 Å².